The van der Waals surface area contributed by atoms with Crippen LogP contribution in [-0.2, 0) is 6.54 Å². The fourth-order valence-electron chi connectivity index (χ4n) is 1.39. The Hall–Kier alpha value is -0.610. The van der Waals surface area contributed by atoms with Crippen LogP contribution in [0.5, 0.6) is 0 Å². The first-order chi connectivity index (χ1) is 6.63. The maximum Gasteiger partial charge on any atom is 0.250 e. The van der Waals surface area contributed by atoms with Gasteiger partial charge in [-0.25, -0.2) is 0 Å². The highest BCUT2D eigenvalue weighted by molar-refractivity contribution is 9.10. The van der Waals surface area contributed by atoms with Crippen molar-refractivity contribution in [3.8, 4) is 0 Å². The number of hydrogen-bond acceptors (Lipinski definition) is 2. The number of pyridine rings is 1. The lowest BCUT2D eigenvalue weighted by Gasteiger charge is -2.12. The molecule has 1 heterocycles. The number of halogens is 1. The van der Waals surface area contributed by atoms with E-state index in [4.69, 9.17) is 0 Å². The van der Waals surface area contributed by atoms with Crippen LogP contribution < -0.4 is 10.9 Å². The summed E-state index contributed by atoms with van der Waals surface area (Å²) in [7, 11) is 1.92. The Morgan fingerprint density at radius 2 is 2.29 bits per heavy atom. The minimum Gasteiger partial charge on any atom is -0.319 e. The van der Waals surface area contributed by atoms with Crippen molar-refractivity contribution in [2.24, 2.45) is 5.92 Å². The number of rotatable bonds is 4. The van der Waals surface area contributed by atoms with E-state index >= 15 is 0 Å². The average molecular weight is 259 g/mol. The highest BCUT2D eigenvalue weighted by Crippen LogP contribution is 2.06. The fraction of sp³-hybridized carbons (Fsp3) is 0.500. The molecule has 1 aromatic rings. The molecule has 0 aliphatic carbocycles. The van der Waals surface area contributed by atoms with Gasteiger partial charge in [-0.1, -0.05) is 6.92 Å². The van der Waals surface area contributed by atoms with Crippen molar-refractivity contribution in [1.82, 2.24) is 9.88 Å². The summed E-state index contributed by atoms with van der Waals surface area (Å²) in [5.74, 6) is 0.451. The molecular formula is C10H15BrN2O. The average Bonchev–Trinajstić information content (AvgIpc) is 2.12. The molecule has 78 valence electrons. The minimum atomic E-state index is 0.0520. The van der Waals surface area contributed by atoms with E-state index < -0.39 is 0 Å². The van der Waals surface area contributed by atoms with Gasteiger partial charge in [-0.3, -0.25) is 4.79 Å². The van der Waals surface area contributed by atoms with Crippen molar-refractivity contribution in [2.45, 2.75) is 13.5 Å². The summed E-state index contributed by atoms with van der Waals surface area (Å²) in [5.41, 5.74) is 0.0520. The zero-order valence-corrected chi connectivity index (χ0v) is 10.0. The van der Waals surface area contributed by atoms with Gasteiger partial charge in [-0.05, 0) is 41.5 Å². The van der Waals surface area contributed by atoms with Crippen molar-refractivity contribution in [3.05, 3.63) is 33.2 Å². The Kier molecular flexibility index (Phi) is 4.35. The maximum absolute atomic E-state index is 11.4. The van der Waals surface area contributed by atoms with E-state index in [1.165, 1.54) is 0 Å². The monoisotopic (exact) mass is 258 g/mol. The van der Waals surface area contributed by atoms with Gasteiger partial charge in [-0.15, -0.1) is 0 Å². The molecule has 0 aliphatic heterocycles. The molecule has 1 unspecified atom stereocenters. The van der Waals surface area contributed by atoms with Crippen LogP contribution in [0, 0.1) is 5.92 Å². The van der Waals surface area contributed by atoms with Gasteiger partial charge in [0.15, 0.2) is 0 Å². The van der Waals surface area contributed by atoms with Crippen LogP contribution in [0.15, 0.2) is 27.6 Å². The van der Waals surface area contributed by atoms with E-state index in [1.54, 1.807) is 16.7 Å². The molecule has 0 saturated carbocycles. The molecular weight excluding hydrogens is 244 g/mol. The molecule has 1 rings (SSSR count). The molecule has 0 saturated heterocycles. The van der Waals surface area contributed by atoms with Crippen LogP contribution in [0.25, 0.3) is 0 Å². The standard InChI is InChI=1S/C10H15BrN2O/c1-8(5-12-2)6-13-7-9(11)3-4-10(13)14/h3-4,7-8,12H,5-6H2,1-2H3. The van der Waals surface area contributed by atoms with Crippen molar-refractivity contribution in [3.63, 3.8) is 0 Å². The summed E-state index contributed by atoms with van der Waals surface area (Å²) < 4.78 is 2.67. The summed E-state index contributed by atoms with van der Waals surface area (Å²) >= 11 is 3.35. The van der Waals surface area contributed by atoms with Gasteiger partial charge in [0.25, 0.3) is 5.56 Å². The first-order valence-electron chi connectivity index (χ1n) is 4.64. The Morgan fingerprint density at radius 3 is 2.93 bits per heavy atom. The Labute approximate surface area is 92.3 Å². The third-order valence-corrected chi connectivity index (χ3v) is 2.48. The molecule has 0 aliphatic rings. The van der Waals surface area contributed by atoms with E-state index in [9.17, 15) is 4.79 Å². The lowest BCUT2D eigenvalue weighted by molar-refractivity contribution is 0.454. The van der Waals surface area contributed by atoms with Crippen LogP contribution in [0.4, 0.5) is 0 Å². The Morgan fingerprint density at radius 1 is 1.57 bits per heavy atom. The van der Waals surface area contributed by atoms with Crippen molar-refractivity contribution in [2.75, 3.05) is 13.6 Å². The Balaban J connectivity index is 2.75. The minimum absolute atomic E-state index is 0.0520. The van der Waals surface area contributed by atoms with E-state index in [2.05, 4.69) is 28.2 Å². The largest absolute Gasteiger partial charge is 0.319 e. The topological polar surface area (TPSA) is 34.0 Å². The number of hydrogen-bond donors (Lipinski definition) is 1. The first kappa shape index (κ1) is 11.5. The van der Waals surface area contributed by atoms with E-state index in [0.29, 0.717) is 5.92 Å². The SMILES string of the molecule is CNCC(C)Cn1cc(Br)ccc1=O. The highest BCUT2D eigenvalue weighted by Gasteiger charge is 2.03. The van der Waals surface area contributed by atoms with Crippen molar-refractivity contribution >= 4 is 15.9 Å². The molecule has 1 aromatic heterocycles. The summed E-state index contributed by atoms with van der Waals surface area (Å²) in [4.78, 5) is 11.4. The second-order valence-corrected chi connectivity index (χ2v) is 4.42. The molecule has 0 aromatic carbocycles. The molecule has 0 fully saturated rings. The second kappa shape index (κ2) is 5.32. The lowest BCUT2D eigenvalue weighted by Crippen LogP contribution is -2.26. The van der Waals surface area contributed by atoms with Crippen molar-refractivity contribution in [1.29, 1.82) is 0 Å². The smallest absolute Gasteiger partial charge is 0.250 e. The van der Waals surface area contributed by atoms with Gasteiger partial charge in [0.2, 0.25) is 0 Å². The molecule has 0 radical (unpaired) electrons. The van der Waals surface area contributed by atoms with Crippen LogP contribution in [0.1, 0.15) is 6.92 Å². The maximum atomic E-state index is 11.4. The molecule has 4 heteroatoms. The van der Waals surface area contributed by atoms with Gasteiger partial charge in [-0.2, -0.15) is 0 Å². The van der Waals surface area contributed by atoms with E-state index in [0.717, 1.165) is 17.6 Å². The highest BCUT2D eigenvalue weighted by atomic mass is 79.9. The van der Waals surface area contributed by atoms with Gasteiger partial charge in [0, 0.05) is 23.3 Å². The third-order valence-electron chi connectivity index (χ3n) is 2.01. The van der Waals surface area contributed by atoms with Crippen LogP contribution >= 0.6 is 15.9 Å². The summed E-state index contributed by atoms with van der Waals surface area (Å²) in [6, 6.07) is 3.34. The molecule has 3 nitrogen and oxygen atoms in total. The molecule has 0 bridgehead atoms. The lowest BCUT2D eigenvalue weighted by atomic mass is 10.2. The normalized spacial score (nSPS) is 12.8. The summed E-state index contributed by atoms with van der Waals surface area (Å²) in [6.45, 7) is 3.78. The molecule has 1 N–H and O–H groups in total. The third kappa shape index (κ3) is 3.27. The quantitative estimate of drug-likeness (QED) is 0.888. The summed E-state index contributed by atoms with van der Waals surface area (Å²) in [6.07, 6.45) is 1.83. The second-order valence-electron chi connectivity index (χ2n) is 3.50. The van der Waals surface area contributed by atoms with Gasteiger partial charge >= 0.3 is 0 Å². The predicted molar refractivity (Wildman–Crippen MR) is 61.5 cm³/mol. The number of nitrogens with zero attached hydrogens (tertiary/aromatic N) is 1. The molecule has 0 spiro atoms. The molecule has 14 heavy (non-hydrogen) atoms. The predicted octanol–water partition coefficient (Wildman–Crippen LogP) is 1.47. The van der Waals surface area contributed by atoms with Gasteiger partial charge in [0.05, 0.1) is 0 Å². The van der Waals surface area contributed by atoms with E-state index in [-0.39, 0.29) is 5.56 Å². The Bertz CT molecular complexity index is 348. The van der Waals surface area contributed by atoms with Crippen molar-refractivity contribution < 1.29 is 0 Å². The number of aromatic nitrogens is 1. The molecule has 1 atom stereocenters. The van der Waals surface area contributed by atoms with Crippen LogP contribution in [-0.4, -0.2) is 18.2 Å². The first-order valence-corrected chi connectivity index (χ1v) is 5.43. The van der Waals surface area contributed by atoms with Crippen LogP contribution in [0.3, 0.4) is 0 Å². The molecule has 0 amide bonds. The summed E-state index contributed by atoms with van der Waals surface area (Å²) in [5, 5.41) is 3.09. The zero-order chi connectivity index (χ0) is 10.6. The number of nitrogens with one attached hydrogen (secondary N) is 1. The van der Waals surface area contributed by atoms with Gasteiger partial charge < -0.3 is 9.88 Å². The fourth-order valence-corrected chi connectivity index (χ4v) is 1.77. The zero-order valence-electron chi connectivity index (χ0n) is 8.46. The van der Waals surface area contributed by atoms with Gasteiger partial charge in [0.1, 0.15) is 0 Å². The van der Waals surface area contributed by atoms with Crippen LogP contribution in [0.2, 0.25) is 0 Å². The van der Waals surface area contributed by atoms with E-state index in [1.807, 2.05) is 13.2 Å².